The van der Waals surface area contributed by atoms with Crippen LogP contribution in [0.25, 0.3) is 0 Å². The SMILES string of the molecule is O=C(c1ccc(Cl)cc1)C1CCCCC1Br. The van der Waals surface area contributed by atoms with E-state index in [1.54, 1.807) is 12.1 Å². The predicted molar refractivity (Wildman–Crippen MR) is 70.5 cm³/mol. The molecule has 2 atom stereocenters. The fraction of sp³-hybridized carbons (Fsp3) is 0.462. The van der Waals surface area contributed by atoms with Crippen LogP contribution in [-0.2, 0) is 0 Å². The third-order valence-corrected chi connectivity index (χ3v) is 4.50. The van der Waals surface area contributed by atoms with Crippen LogP contribution in [0.1, 0.15) is 36.0 Å². The van der Waals surface area contributed by atoms with Crippen LogP contribution in [0.15, 0.2) is 24.3 Å². The van der Waals surface area contributed by atoms with E-state index in [2.05, 4.69) is 15.9 Å². The topological polar surface area (TPSA) is 17.1 Å². The molecule has 2 rings (SSSR count). The Balaban J connectivity index is 2.14. The van der Waals surface area contributed by atoms with Gasteiger partial charge in [-0.25, -0.2) is 0 Å². The lowest BCUT2D eigenvalue weighted by molar-refractivity contribution is 0.0897. The second kappa shape index (κ2) is 5.33. The van der Waals surface area contributed by atoms with Gasteiger partial charge < -0.3 is 0 Å². The van der Waals surface area contributed by atoms with E-state index in [-0.39, 0.29) is 11.7 Å². The first-order valence-corrected chi connectivity index (χ1v) is 6.91. The van der Waals surface area contributed by atoms with Crippen molar-refractivity contribution >= 4 is 33.3 Å². The minimum atomic E-state index is 0.134. The lowest BCUT2D eigenvalue weighted by Gasteiger charge is -2.26. The molecule has 0 spiro atoms. The van der Waals surface area contributed by atoms with Gasteiger partial charge in [0.05, 0.1) is 0 Å². The second-order valence-corrected chi connectivity index (χ2v) is 5.89. The van der Waals surface area contributed by atoms with Crippen molar-refractivity contribution in [3.63, 3.8) is 0 Å². The molecule has 3 heteroatoms. The number of ketones is 1. The minimum Gasteiger partial charge on any atom is -0.294 e. The highest BCUT2D eigenvalue weighted by atomic mass is 79.9. The van der Waals surface area contributed by atoms with Crippen LogP contribution in [-0.4, -0.2) is 10.6 Å². The third-order valence-electron chi connectivity index (χ3n) is 3.15. The van der Waals surface area contributed by atoms with Gasteiger partial charge in [0.15, 0.2) is 5.78 Å². The molecule has 1 nitrogen and oxygen atoms in total. The molecule has 0 amide bonds. The van der Waals surface area contributed by atoms with Crippen LogP contribution < -0.4 is 0 Å². The number of hydrogen-bond donors (Lipinski definition) is 0. The summed E-state index contributed by atoms with van der Waals surface area (Å²) < 4.78 is 0. The Morgan fingerprint density at radius 3 is 2.44 bits per heavy atom. The number of Topliss-reactive ketones (excluding diaryl/α,β-unsaturated/α-hetero) is 1. The zero-order valence-corrected chi connectivity index (χ0v) is 11.3. The molecular weight excluding hydrogens is 287 g/mol. The van der Waals surface area contributed by atoms with Gasteiger partial charge in [0.2, 0.25) is 0 Å². The second-order valence-electron chi connectivity index (χ2n) is 4.28. The number of rotatable bonds is 2. The molecule has 1 aromatic carbocycles. The molecular formula is C13H14BrClO. The van der Waals surface area contributed by atoms with Crippen LogP contribution in [0.4, 0.5) is 0 Å². The van der Waals surface area contributed by atoms with Gasteiger partial charge in [-0.05, 0) is 37.1 Å². The van der Waals surface area contributed by atoms with Gasteiger partial charge in [-0.15, -0.1) is 0 Å². The van der Waals surface area contributed by atoms with Crippen LogP contribution in [0, 0.1) is 5.92 Å². The average Bonchev–Trinajstić information content (AvgIpc) is 2.30. The molecule has 2 unspecified atom stereocenters. The van der Waals surface area contributed by atoms with E-state index in [0.29, 0.717) is 9.85 Å². The summed E-state index contributed by atoms with van der Waals surface area (Å²) in [5.74, 6) is 0.383. The fourth-order valence-corrected chi connectivity index (χ4v) is 3.16. The Hall–Kier alpha value is -0.340. The van der Waals surface area contributed by atoms with E-state index in [9.17, 15) is 4.79 Å². The number of halogens is 2. The zero-order chi connectivity index (χ0) is 11.5. The number of hydrogen-bond acceptors (Lipinski definition) is 1. The maximum atomic E-state index is 12.2. The lowest BCUT2D eigenvalue weighted by atomic mass is 9.84. The van der Waals surface area contributed by atoms with Crippen LogP contribution in [0.2, 0.25) is 5.02 Å². The smallest absolute Gasteiger partial charge is 0.167 e. The summed E-state index contributed by atoms with van der Waals surface area (Å²) in [5, 5.41) is 0.676. The Labute approximate surface area is 109 Å². The van der Waals surface area contributed by atoms with Gasteiger partial charge >= 0.3 is 0 Å². The van der Waals surface area contributed by atoms with Gasteiger partial charge in [-0.2, -0.15) is 0 Å². The maximum absolute atomic E-state index is 12.2. The van der Waals surface area contributed by atoms with E-state index >= 15 is 0 Å². The largest absolute Gasteiger partial charge is 0.294 e. The van der Waals surface area contributed by atoms with Gasteiger partial charge in [-0.1, -0.05) is 40.4 Å². The van der Waals surface area contributed by atoms with Gasteiger partial charge in [0, 0.05) is 21.3 Å². The zero-order valence-electron chi connectivity index (χ0n) is 8.96. The maximum Gasteiger partial charge on any atom is 0.167 e. The first-order valence-electron chi connectivity index (χ1n) is 5.62. The van der Waals surface area contributed by atoms with Gasteiger partial charge in [0.25, 0.3) is 0 Å². The van der Waals surface area contributed by atoms with Crippen molar-refractivity contribution < 1.29 is 4.79 Å². The van der Waals surface area contributed by atoms with Crippen molar-refractivity contribution in [2.75, 3.05) is 0 Å². The Kier molecular flexibility index (Phi) is 4.04. The molecule has 0 bridgehead atoms. The van der Waals surface area contributed by atoms with E-state index < -0.39 is 0 Å². The van der Waals surface area contributed by atoms with Crippen molar-refractivity contribution in [3.05, 3.63) is 34.9 Å². The standard InChI is InChI=1S/C13H14BrClO/c14-12-4-2-1-3-11(12)13(16)9-5-7-10(15)8-6-9/h5-8,11-12H,1-4H2. The summed E-state index contributed by atoms with van der Waals surface area (Å²) in [6.45, 7) is 0. The Morgan fingerprint density at radius 2 is 1.81 bits per heavy atom. The normalized spacial score (nSPS) is 25.4. The highest BCUT2D eigenvalue weighted by Crippen LogP contribution is 2.32. The molecule has 16 heavy (non-hydrogen) atoms. The first kappa shape index (κ1) is 12.1. The summed E-state index contributed by atoms with van der Waals surface area (Å²) in [6, 6.07) is 7.19. The summed E-state index contributed by atoms with van der Waals surface area (Å²) in [7, 11) is 0. The van der Waals surface area contributed by atoms with Crippen LogP contribution in [0.5, 0.6) is 0 Å². The van der Waals surface area contributed by atoms with Crippen molar-refractivity contribution in [1.82, 2.24) is 0 Å². The predicted octanol–water partition coefficient (Wildman–Crippen LogP) is 4.48. The fourth-order valence-electron chi connectivity index (χ4n) is 2.21. The van der Waals surface area contributed by atoms with Gasteiger partial charge in [0.1, 0.15) is 0 Å². The first-order chi connectivity index (χ1) is 7.68. The van der Waals surface area contributed by atoms with E-state index in [4.69, 9.17) is 11.6 Å². The number of carbonyl (C=O) groups is 1. The third kappa shape index (κ3) is 2.67. The molecule has 1 aliphatic carbocycles. The summed E-state index contributed by atoms with van der Waals surface area (Å²) >= 11 is 9.43. The molecule has 1 aliphatic rings. The molecule has 0 N–H and O–H groups in total. The molecule has 0 aromatic heterocycles. The molecule has 0 heterocycles. The molecule has 0 aliphatic heterocycles. The van der Waals surface area contributed by atoms with E-state index in [1.165, 1.54) is 6.42 Å². The van der Waals surface area contributed by atoms with Crippen molar-refractivity contribution in [2.45, 2.75) is 30.5 Å². The molecule has 0 radical (unpaired) electrons. The Bertz CT molecular complexity index is 374. The van der Waals surface area contributed by atoms with E-state index in [0.717, 1.165) is 24.8 Å². The lowest BCUT2D eigenvalue weighted by Crippen LogP contribution is -2.27. The van der Waals surface area contributed by atoms with Crippen molar-refractivity contribution in [3.8, 4) is 0 Å². The molecule has 1 aromatic rings. The minimum absolute atomic E-state index is 0.134. The van der Waals surface area contributed by atoms with Crippen LogP contribution in [0.3, 0.4) is 0 Å². The van der Waals surface area contributed by atoms with E-state index in [1.807, 2.05) is 12.1 Å². The highest BCUT2D eigenvalue weighted by Gasteiger charge is 2.29. The molecule has 0 saturated heterocycles. The van der Waals surface area contributed by atoms with Crippen molar-refractivity contribution in [2.24, 2.45) is 5.92 Å². The summed E-state index contributed by atoms with van der Waals surface area (Å²) in [6.07, 6.45) is 4.48. The average molecular weight is 302 g/mol. The molecule has 1 saturated carbocycles. The van der Waals surface area contributed by atoms with Crippen molar-refractivity contribution in [1.29, 1.82) is 0 Å². The number of alkyl halides is 1. The number of carbonyl (C=O) groups excluding carboxylic acids is 1. The summed E-state index contributed by atoms with van der Waals surface area (Å²) in [4.78, 5) is 12.6. The quantitative estimate of drug-likeness (QED) is 0.581. The molecule has 1 fully saturated rings. The highest BCUT2D eigenvalue weighted by molar-refractivity contribution is 9.09. The number of benzene rings is 1. The summed E-state index contributed by atoms with van der Waals surface area (Å²) in [5.41, 5.74) is 0.778. The van der Waals surface area contributed by atoms with Gasteiger partial charge in [-0.3, -0.25) is 4.79 Å². The Morgan fingerprint density at radius 1 is 1.19 bits per heavy atom. The monoisotopic (exact) mass is 300 g/mol. The molecule has 86 valence electrons. The van der Waals surface area contributed by atoms with Crippen LogP contribution >= 0.6 is 27.5 Å².